The maximum atomic E-state index is 6.11. The lowest BCUT2D eigenvalue weighted by atomic mass is 9.83. The Kier molecular flexibility index (Phi) is 4.61. The third-order valence-corrected chi connectivity index (χ3v) is 5.39. The average Bonchev–Trinajstić information content (AvgIpc) is 2.99. The van der Waals surface area contributed by atoms with Gasteiger partial charge in [0.15, 0.2) is 5.65 Å². The Morgan fingerprint density at radius 1 is 1.12 bits per heavy atom. The summed E-state index contributed by atoms with van der Waals surface area (Å²) < 4.78 is 2.16. The van der Waals surface area contributed by atoms with E-state index >= 15 is 0 Å². The molecular formula is C18H19Cl2N5. The normalized spacial score (nSPS) is 20.9. The molecule has 3 heterocycles. The zero-order valence-electron chi connectivity index (χ0n) is 14.0. The van der Waals surface area contributed by atoms with E-state index in [4.69, 9.17) is 23.2 Å². The summed E-state index contributed by atoms with van der Waals surface area (Å²) in [5.41, 5.74) is 3.05. The van der Waals surface area contributed by atoms with Crippen LogP contribution in [0.5, 0.6) is 0 Å². The van der Waals surface area contributed by atoms with Crippen LogP contribution in [0.2, 0.25) is 10.3 Å². The van der Waals surface area contributed by atoms with Crippen molar-refractivity contribution in [3.63, 3.8) is 0 Å². The average molecular weight is 376 g/mol. The van der Waals surface area contributed by atoms with Crippen LogP contribution in [-0.4, -0.2) is 24.5 Å². The van der Waals surface area contributed by atoms with Gasteiger partial charge in [0.25, 0.3) is 0 Å². The lowest BCUT2D eigenvalue weighted by molar-refractivity contribution is 0.266. The summed E-state index contributed by atoms with van der Waals surface area (Å²) in [6.45, 7) is 3.26. The molecule has 0 aliphatic heterocycles. The molecule has 0 saturated heterocycles. The third-order valence-electron chi connectivity index (χ3n) is 5.01. The van der Waals surface area contributed by atoms with Crippen molar-refractivity contribution < 1.29 is 0 Å². The van der Waals surface area contributed by atoms with Crippen LogP contribution >= 0.6 is 23.2 Å². The van der Waals surface area contributed by atoms with Gasteiger partial charge >= 0.3 is 0 Å². The van der Waals surface area contributed by atoms with E-state index in [1.54, 1.807) is 12.4 Å². The van der Waals surface area contributed by atoms with Gasteiger partial charge in [-0.1, -0.05) is 31.4 Å². The molecule has 3 aromatic heterocycles. The first kappa shape index (κ1) is 16.7. The number of rotatable bonds is 3. The van der Waals surface area contributed by atoms with Crippen LogP contribution in [0.25, 0.3) is 22.4 Å². The Balaban J connectivity index is 1.76. The van der Waals surface area contributed by atoms with Crippen molar-refractivity contribution in [3.8, 4) is 11.3 Å². The van der Waals surface area contributed by atoms with Gasteiger partial charge in [0, 0.05) is 24.5 Å². The molecular weight excluding hydrogens is 357 g/mol. The summed E-state index contributed by atoms with van der Waals surface area (Å²) in [5.74, 6) is 1.50. The van der Waals surface area contributed by atoms with E-state index in [1.165, 1.54) is 25.7 Å². The lowest BCUT2D eigenvalue weighted by Gasteiger charge is -2.26. The Bertz CT molecular complexity index is 900. The second-order valence-electron chi connectivity index (χ2n) is 6.93. The summed E-state index contributed by atoms with van der Waals surface area (Å²) >= 11 is 12.2. The Labute approximate surface area is 156 Å². The molecule has 0 radical (unpaired) electrons. The van der Waals surface area contributed by atoms with Crippen LogP contribution in [-0.2, 0) is 6.54 Å². The molecule has 0 aromatic carbocycles. The Morgan fingerprint density at radius 3 is 2.68 bits per heavy atom. The molecule has 7 heteroatoms. The zero-order chi connectivity index (χ0) is 17.4. The first-order valence-corrected chi connectivity index (χ1v) is 9.35. The second-order valence-corrected chi connectivity index (χ2v) is 7.70. The highest BCUT2D eigenvalue weighted by Crippen LogP contribution is 2.32. The maximum Gasteiger partial charge on any atom is 0.225 e. The summed E-state index contributed by atoms with van der Waals surface area (Å²) in [4.78, 5) is 17.3. The highest BCUT2D eigenvalue weighted by atomic mass is 35.5. The standard InChI is InChI=1S/C18H19Cl2N5/c1-11-2-4-12(5-3-11)9-25-10-22-17-16(25)15(23-18(20)24-17)13-6-14(19)8-21-7-13/h6-8,10-12H,2-5,9H2,1H3. The first-order valence-electron chi connectivity index (χ1n) is 8.59. The van der Waals surface area contributed by atoms with Crippen molar-refractivity contribution in [3.05, 3.63) is 35.1 Å². The van der Waals surface area contributed by atoms with Crippen molar-refractivity contribution in [2.75, 3.05) is 0 Å². The molecule has 1 fully saturated rings. The fourth-order valence-corrected chi connectivity index (χ4v) is 3.96. The van der Waals surface area contributed by atoms with E-state index in [0.717, 1.165) is 29.2 Å². The van der Waals surface area contributed by atoms with E-state index in [1.807, 2.05) is 12.4 Å². The van der Waals surface area contributed by atoms with E-state index in [2.05, 4.69) is 31.4 Å². The molecule has 1 saturated carbocycles. The van der Waals surface area contributed by atoms with E-state index in [-0.39, 0.29) is 5.28 Å². The van der Waals surface area contributed by atoms with Crippen molar-refractivity contribution in [1.82, 2.24) is 24.5 Å². The van der Waals surface area contributed by atoms with Gasteiger partial charge in [-0.3, -0.25) is 4.98 Å². The predicted octanol–water partition coefficient (Wildman–Crippen LogP) is 5.02. The molecule has 25 heavy (non-hydrogen) atoms. The summed E-state index contributed by atoms with van der Waals surface area (Å²) in [6, 6.07) is 1.84. The summed E-state index contributed by atoms with van der Waals surface area (Å²) in [7, 11) is 0. The zero-order valence-corrected chi connectivity index (χ0v) is 15.5. The van der Waals surface area contributed by atoms with Gasteiger partial charge in [-0.15, -0.1) is 0 Å². The number of aromatic nitrogens is 5. The molecule has 3 aromatic rings. The third kappa shape index (κ3) is 3.48. The number of halogens is 2. The molecule has 0 spiro atoms. The van der Waals surface area contributed by atoms with Gasteiger partial charge in [0.2, 0.25) is 5.28 Å². The maximum absolute atomic E-state index is 6.11. The van der Waals surface area contributed by atoms with Gasteiger partial charge in [-0.2, -0.15) is 4.98 Å². The van der Waals surface area contributed by atoms with Gasteiger partial charge in [-0.25, -0.2) is 9.97 Å². The minimum absolute atomic E-state index is 0.180. The minimum atomic E-state index is 0.180. The van der Waals surface area contributed by atoms with E-state index in [9.17, 15) is 0 Å². The lowest BCUT2D eigenvalue weighted by Crippen LogP contribution is -2.17. The fraction of sp³-hybridized carbons (Fsp3) is 0.444. The van der Waals surface area contributed by atoms with E-state index in [0.29, 0.717) is 16.6 Å². The van der Waals surface area contributed by atoms with Crippen molar-refractivity contribution >= 4 is 34.4 Å². The number of hydrogen-bond donors (Lipinski definition) is 0. The highest BCUT2D eigenvalue weighted by molar-refractivity contribution is 6.30. The number of imidazole rings is 1. The fourth-order valence-electron chi connectivity index (χ4n) is 3.62. The number of fused-ring (bicyclic) bond motifs is 1. The molecule has 0 bridgehead atoms. The summed E-state index contributed by atoms with van der Waals surface area (Å²) in [5, 5.41) is 0.743. The molecule has 0 unspecified atom stereocenters. The van der Waals surface area contributed by atoms with Crippen LogP contribution < -0.4 is 0 Å². The Morgan fingerprint density at radius 2 is 1.92 bits per heavy atom. The molecule has 130 valence electrons. The molecule has 5 nitrogen and oxygen atoms in total. The predicted molar refractivity (Wildman–Crippen MR) is 99.7 cm³/mol. The topological polar surface area (TPSA) is 56.5 Å². The van der Waals surface area contributed by atoms with Gasteiger partial charge in [-0.05, 0) is 42.3 Å². The van der Waals surface area contributed by atoms with Crippen LogP contribution in [0.1, 0.15) is 32.6 Å². The number of nitrogens with zero attached hydrogens (tertiary/aromatic N) is 5. The van der Waals surface area contributed by atoms with Gasteiger partial charge < -0.3 is 4.57 Å². The SMILES string of the molecule is CC1CCC(Cn2cnc3nc(Cl)nc(-c4cncc(Cl)c4)c32)CC1. The molecule has 0 amide bonds. The first-order chi connectivity index (χ1) is 12.1. The van der Waals surface area contributed by atoms with E-state index < -0.39 is 0 Å². The smallest absolute Gasteiger partial charge is 0.225 e. The van der Waals surface area contributed by atoms with Gasteiger partial charge in [0.05, 0.1) is 11.3 Å². The molecule has 1 aliphatic rings. The molecule has 0 N–H and O–H groups in total. The minimum Gasteiger partial charge on any atom is -0.327 e. The quantitative estimate of drug-likeness (QED) is 0.602. The van der Waals surface area contributed by atoms with Crippen molar-refractivity contribution in [2.45, 2.75) is 39.2 Å². The monoisotopic (exact) mass is 375 g/mol. The summed E-state index contributed by atoms with van der Waals surface area (Å²) in [6.07, 6.45) is 10.3. The van der Waals surface area contributed by atoms with Crippen LogP contribution in [0.15, 0.2) is 24.8 Å². The molecule has 4 rings (SSSR count). The van der Waals surface area contributed by atoms with Crippen molar-refractivity contribution in [2.24, 2.45) is 11.8 Å². The van der Waals surface area contributed by atoms with Crippen LogP contribution in [0.3, 0.4) is 0 Å². The Hall–Kier alpha value is -1.72. The molecule has 0 atom stereocenters. The van der Waals surface area contributed by atoms with Crippen LogP contribution in [0, 0.1) is 11.8 Å². The number of pyridine rings is 1. The molecule has 1 aliphatic carbocycles. The van der Waals surface area contributed by atoms with Gasteiger partial charge in [0.1, 0.15) is 11.2 Å². The van der Waals surface area contributed by atoms with Crippen LogP contribution in [0.4, 0.5) is 0 Å². The highest BCUT2D eigenvalue weighted by Gasteiger charge is 2.21. The largest absolute Gasteiger partial charge is 0.327 e. The van der Waals surface area contributed by atoms with Crippen molar-refractivity contribution in [1.29, 1.82) is 0 Å². The second kappa shape index (κ2) is 6.89. The number of hydrogen-bond acceptors (Lipinski definition) is 4.